The normalized spacial score (nSPS) is 16.2. The van der Waals surface area contributed by atoms with Gasteiger partial charge in [0.1, 0.15) is 0 Å². The summed E-state index contributed by atoms with van der Waals surface area (Å²) in [7, 11) is 0. The van der Waals surface area contributed by atoms with Crippen molar-refractivity contribution in [3.05, 3.63) is 187 Å². The molecule has 2 heterocycles. The van der Waals surface area contributed by atoms with Crippen LogP contribution in [-0.4, -0.2) is 9.13 Å². The van der Waals surface area contributed by atoms with E-state index >= 15 is 0 Å². The van der Waals surface area contributed by atoms with Crippen LogP contribution in [0.5, 0.6) is 0 Å². The van der Waals surface area contributed by atoms with E-state index in [0.717, 1.165) is 19.3 Å². The first-order valence-corrected chi connectivity index (χ1v) is 17.8. The Hall–Kier alpha value is -6.12. The zero-order valence-corrected chi connectivity index (χ0v) is 27.8. The predicted octanol–water partition coefficient (Wildman–Crippen LogP) is 12.9. The molecule has 0 bridgehead atoms. The molecule has 8 aromatic rings. The number of nitrogens with zero attached hydrogens (tertiary/aromatic N) is 2. The molecule has 0 saturated carbocycles. The third kappa shape index (κ3) is 4.71. The fourth-order valence-electron chi connectivity index (χ4n) is 8.39. The maximum Gasteiger partial charge on any atom is 0.0538 e. The monoisotopic (exact) mass is 640 g/mol. The van der Waals surface area contributed by atoms with Crippen LogP contribution in [0.15, 0.2) is 176 Å². The Kier molecular flexibility index (Phi) is 6.80. The van der Waals surface area contributed by atoms with Gasteiger partial charge in [-0.05, 0) is 95.6 Å². The molecule has 2 heteroatoms. The molecule has 0 radical (unpaired) electrons. The lowest BCUT2D eigenvalue weighted by Crippen LogP contribution is -2.05. The molecule has 0 amide bonds. The van der Waals surface area contributed by atoms with Crippen molar-refractivity contribution in [3.63, 3.8) is 0 Å². The molecule has 2 nitrogen and oxygen atoms in total. The van der Waals surface area contributed by atoms with Crippen LogP contribution in [0.1, 0.15) is 36.3 Å². The van der Waals surface area contributed by atoms with Crippen LogP contribution in [0.3, 0.4) is 0 Å². The van der Waals surface area contributed by atoms with Gasteiger partial charge in [-0.3, -0.25) is 0 Å². The molecule has 0 fully saturated rings. The summed E-state index contributed by atoms with van der Waals surface area (Å²) in [5, 5.41) is 5.18. The zero-order valence-electron chi connectivity index (χ0n) is 27.8. The number of benzene rings is 6. The first kappa shape index (κ1) is 28.9. The number of aromatic nitrogens is 2. The van der Waals surface area contributed by atoms with E-state index in [1.807, 2.05) is 0 Å². The molecule has 1 atom stereocenters. The summed E-state index contributed by atoms with van der Waals surface area (Å²) in [5.74, 6) is 0.367. The van der Waals surface area contributed by atoms with Crippen molar-refractivity contribution < 1.29 is 0 Å². The van der Waals surface area contributed by atoms with Gasteiger partial charge < -0.3 is 9.13 Å². The highest BCUT2D eigenvalue weighted by Crippen LogP contribution is 2.41. The van der Waals surface area contributed by atoms with Crippen molar-refractivity contribution in [2.45, 2.75) is 25.2 Å². The highest BCUT2D eigenvalue weighted by atomic mass is 15.0. The summed E-state index contributed by atoms with van der Waals surface area (Å²) >= 11 is 0. The van der Waals surface area contributed by atoms with E-state index in [1.165, 1.54) is 82.8 Å². The van der Waals surface area contributed by atoms with E-state index in [0.29, 0.717) is 5.92 Å². The minimum atomic E-state index is 0.367. The molecule has 0 saturated heterocycles. The number of fused-ring (bicyclic) bond motifs is 6. The summed E-state index contributed by atoms with van der Waals surface area (Å²) < 4.78 is 4.97. The Balaban J connectivity index is 1.07. The number of hydrogen-bond donors (Lipinski definition) is 0. The highest BCUT2D eigenvalue weighted by molar-refractivity contribution is 6.13. The SMILES string of the molecule is C1=CC(c2ccccc2)CC(n2c3ccccc3c3cc(-c4ccc5c(c4)c4ccccc4n5C4=CC=C(c5ccccc5)CC4)ccc32)=C1. The van der Waals surface area contributed by atoms with Crippen LogP contribution in [0, 0.1) is 0 Å². The average Bonchev–Trinajstić information content (AvgIpc) is 3.71. The summed E-state index contributed by atoms with van der Waals surface area (Å²) in [6.07, 6.45) is 14.5. The standard InChI is InChI=1S/C48H36N2/c1-3-12-33(13-4-1)35-22-26-39(27-23-35)49-45-20-9-7-18-41(45)43-31-37(24-28-47(43)49)38-25-29-48-44(32-38)42-19-8-10-21-46(42)50(48)40-17-11-16-36(30-40)34-14-5-2-6-15-34/h1-22,24-26,28-29,31-32,36H,23,27,30H2. The van der Waals surface area contributed by atoms with Crippen LogP contribution >= 0.6 is 0 Å². The maximum absolute atomic E-state index is 2.49. The van der Waals surface area contributed by atoms with Crippen molar-refractivity contribution >= 4 is 60.6 Å². The Morgan fingerprint density at radius 3 is 1.60 bits per heavy atom. The number of allylic oxidation sites excluding steroid dienone is 8. The second-order valence-corrected chi connectivity index (χ2v) is 13.6. The van der Waals surface area contributed by atoms with E-state index in [-0.39, 0.29) is 0 Å². The van der Waals surface area contributed by atoms with Crippen molar-refractivity contribution in [2.75, 3.05) is 0 Å². The molecule has 2 aliphatic carbocycles. The van der Waals surface area contributed by atoms with E-state index in [4.69, 9.17) is 0 Å². The fraction of sp³-hybridized carbons (Fsp3) is 0.0833. The van der Waals surface area contributed by atoms with Crippen molar-refractivity contribution in [1.82, 2.24) is 9.13 Å². The third-order valence-electron chi connectivity index (χ3n) is 10.8. The van der Waals surface area contributed by atoms with Gasteiger partial charge >= 0.3 is 0 Å². The molecule has 1 unspecified atom stereocenters. The smallest absolute Gasteiger partial charge is 0.0538 e. The van der Waals surface area contributed by atoms with Crippen LogP contribution in [0.25, 0.3) is 71.7 Å². The van der Waals surface area contributed by atoms with Crippen molar-refractivity contribution in [3.8, 4) is 11.1 Å². The Bertz CT molecular complexity index is 2590. The average molecular weight is 641 g/mol. The van der Waals surface area contributed by atoms with Crippen LogP contribution < -0.4 is 0 Å². The maximum atomic E-state index is 2.49. The molecule has 0 spiro atoms. The lowest BCUT2D eigenvalue weighted by molar-refractivity contribution is 0.837. The lowest BCUT2D eigenvalue weighted by atomic mass is 9.91. The first-order valence-electron chi connectivity index (χ1n) is 17.8. The quantitative estimate of drug-likeness (QED) is 0.177. The molecular weight excluding hydrogens is 605 g/mol. The Morgan fingerprint density at radius 1 is 0.420 bits per heavy atom. The number of rotatable bonds is 5. The molecule has 0 aliphatic heterocycles. The van der Waals surface area contributed by atoms with Crippen molar-refractivity contribution in [1.29, 1.82) is 0 Å². The van der Waals surface area contributed by atoms with Gasteiger partial charge in [0, 0.05) is 38.9 Å². The second kappa shape index (κ2) is 11.8. The molecule has 6 aromatic carbocycles. The van der Waals surface area contributed by atoms with Gasteiger partial charge in [-0.1, -0.05) is 127 Å². The topological polar surface area (TPSA) is 9.86 Å². The minimum absolute atomic E-state index is 0.367. The lowest BCUT2D eigenvalue weighted by Gasteiger charge is -2.21. The van der Waals surface area contributed by atoms with Crippen LogP contribution in [0.2, 0.25) is 0 Å². The summed E-state index contributed by atoms with van der Waals surface area (Å²) in [6.45, 7) is 0. The fourth-order valence-corrected chi connectivity index (χ4v) is 8.39. The molecule has 50 heavy (non-hydrogen) atoms. The van der Waals surface area contributed by atoms with Gasteiger partial charge in [0.2, 0.25) is 0 Å². The van der Waals surface area contributed by atoms with E-state index in [1.54, 1.807) is 0 Å². The van der Waals surface area contributed by atoms with Gasteiger partial charge in [-0.2, -0.15) is 0 Å². The highest BCUT2D eigenvalue weighted by Gasteiger charge is 2.21. The predicted molar refractivity (Wildman–Crippen MR) is 213 cm³/mol. The largest absolute Gasteiger partial charge is 0.313 e. The molecule has 10 rings (SSSR count). The molecule has 2 aliphatic rings. The zero-order chi connectivity index (χ0) is 33.0. The molecule has 2 aromatic heterocycles. The van der Waals surface area contributed by atoms with E-state index in [9.17, 15) is 0 Å². The number of para-hydroxylation sites is 2. The Labute approximate surface area is 292 Å². The number of hydrogen-bond acceptors (Lipinski definition) is 0. The minimum Gasteiger partial charge on any atom is -0.313 e. The van der Waals surface area contributed by atoms with Crippen LogP contribution in [0.4, 0.5) is 0 Å². The van der Waals surface area contributed by atoms with E-state index < -0.39 is 0 Å². The summed E-state index contributed by atoms with van der Waals surface area (Å²) in [5.41, 5.74) is 14.3. The van der Waals surface area contributed by atoms with Crippen LogP contribution in [-0.2, 0) is 0 Å². The first-order chi connectivity index (χ1) is 24.8. The van der Waals surface area contributed by atoms with Gasteiger partial charge in [0.25, 0.3) is 0 Å². The Morgan fingerprint density at radius 2 is 0.980 bits per heavy atom. The van der Waals surface area contributed by atoms with Gasteiger partial charge in [0.05, 0.1) is 22.1 Å². The van der Waals surface area contributed by atoms with Gasteiger partial charge in [-0.15, -0.1) is 0 Å². The third-order valence-corrected chi connectivity index (χ3v) is 10.8. The van der Waals surface area contributed by atoms with Crippen molar-refractivity contribution in [2.24, 2.45) is 0 Å². The molecule has 0 N–H and O–H groups in total. The second-order valence-electron chi connectivity index (χ2n) is 13.6. The van der Waals surface area contributed by atoms with Gasteiger partial charge in [-0.25, -0.2) is 0 Å². The van der Waals surface area contributed by atoms with E-state index in [2.05, 4.69) is 185 Å². The van der Waals surface area contributed by atoms with Gasteiger partial charge in [0.15, 0.2) is 0 Å². The molecule has 238 valence electrons. The summed E-state index contributed by atoms with van der Waals surface area (Å²) in [6, 6.07) is 53.5. The summed E-state index contributed by atoms with van der Waals surface area (Å²) in [4.78, 5) is 0. The molecular formula is C48H36N2.